The minimum atomic E-state index is -0.0711. The van der Waals surface area contributed by atoms with E-state index in [0.717, 1.165) is 12.3 Å². The lowest BCUT2D eigenvalue weighted by Gasteiger charge is -2.18. The van der Waals surface area contributed by atoms with Crippen molar-refractivity contribution >= 4 is 0 Å². The monoisotopic (exact) mass is 198 g/mol. The summed E-state index contributed by atoms with van der Waals surface area (Å²) in [5, 5.41) is 9.73. The lowest BCUT2D eigenvalue weighted by atomic mass is 9.91. The third-order valence-corrected chi connectivity index (χ3v) is 3.61. The Morgan fingerprint density at radius 1 is 1.07 bits per heavy atom. The van der Waals surface area contributed by atoms with Crippen LogP contribution in [0.1, 0.15) is 65.2 Å². The molecule has 1 saturated carbocycles. The minimum Gasteiger partial charge on any atom is -0.393 e. The van der Waals surface area contributed by atoms with E-state index in [4.69, 9.17) is 0 Å². The first-order valence-corrected chi connectivity index (χ1v) is 6.38. The maximum absolute atomic E-state index is 9.73. The summed E-state index contributed by atoms with van der Waals surface area (Å²) in [6.07, 6.45) is 10.7. The van der Waals surface area contributed by atoms with Gasteiger partial charge in [0.15, 0.2) is 0 Å². The summed E-state index contributed by atoms with van der Waals surface area (Å²) >= 11 is 0. The van der Waals surface area contributed by atoms with Crippen molar-refractivity contribution in [1.82, 2.24) is 0 Å². The Bertz CT molecular complexity index is 134. The molecule has 0 bridgehead atoms. The van der Waals surface area contributed by atoms with Crippen molar-refractivity contribution in [2.45, 2.75) is 71.3 Å². The van der Waals surface area contributed by atoms with E-state index in [1.54, 1.807) is 0 Å². The van der Waals surface area contributed by atoms with Gasteiger partial charge < -0.3 is 5.11 Å². The van der Waals surface area contributed by atoms with Gasteiger partial charge >= 0.3 is 0 Å². The van der Waals surface area contributed by atoms with Crippen molar-refractivity contribution in [3.05, 3.63) is 0 Å². The molecule has 0 amide bonds. The molecular formula is C13H26O. The topological polar surface area (TPSA) is 20.2 Å². The van der Waals surface area contributed by atoms with Gasteiger partial charge in [-0.3, -0.25) is 0 Å². The van der Waals surface area contributed by atoms with Crippen LogP contribution in [0.4, 0.5) is 0 Å². The molecule has 0 saturated heterocycles. The zero-order chi connectivity index (χ0) is 10.4. The molecule has 1 unspecified atom stereocenters. The van der Waals surface area contributed by atoms with Crippen LogP contribution in [0, 0.1) is 11.8 Å². The average Bonchev–Trinajstić information content (AvgIpc) is 2.42. The van der Waals surface area contributed by atoms with Gasteiger partial charge in [-0.1, -0.05) is 52.4 Å². The number of hydrogen-bond donors (Lipinski definition) is 1. The van der Waals surface area contributed by atoms with E-state index in [-0.39, 0.29) is 6.10 Å². The SMILES string of the molecule is CC(C)C(O)CCC1CCCCCC1. The van der Waals surface area contributed by atoms with Gasteiger partial charge in [0.2, 0.25) is 0 Å². The summed E-state index contributed by atoms with van der Waals surface area (Å²) in [4.78, 5) is 0. The van der Waals surface area contributed by atoms with Gasteiger partial charge in [0, 0.05) is 0 Å². The molecule has 1 nitrogen and oxygen atoms in total. The molecule has 0 spiro atoms. The predicted octanol–water partition coefficient (Wildman–Crippen LogP) is 3.75. The van der Waals surface area contributed by atoms with E-state index in [0.29, 0.717) is 5.92 Å². The smallest absolute Gasteiger partial charge is 0.0563 e. The highest BCUT2D eigenvalue weighted by Crippen LogP contribution is 2.27. The van der Waals surface area contributed by atoms with Crippen molar-refractivity contribution in [2.24, 2.45) is 11.8 Å². The molecule has 0 radical (unpaired) electrons. The first kappa shape index (κ1) is 12.0. The van der Waals surface area contributed by atoms with Crippen LogP contribution in [0.15, 0.2) is 0 Å². The lowest BCUT2D eigenvalue weighted by molar-refractivity contribution is 0.107. The van der Waals surface area contributed by atoms with Gasteiger partial charge in [-0.05, 0) is 24.7 Å². The number of aliphatic hydroxyl groups excluding tert-OH is 1. The summed E-state index contributed by atoms with van der Waals surface area (Å²) in [5.41, 5.74) is 0. The standard InChI is InChI=1S/C13H26O/c1-11(2)13(14)10-9-12-7-5-3-4-6-8-12/h11-14H,3-10H2,1-2H3. The van der Waals surface area contributed by atoms with Gasteiger partial charge in [-0.25, -0.2) is 0 Å². The summed E-state index contributed by atoms with van der Waals surface area (Å²) < 4.78 is 0. The van der Waals surface area contributed by atoms with E-state index >= 15 is 0 Å². The van der Waals surface area contributed by atoms with Crippen LogP contribution in [0.3, 0.4) is 0 Å². The third kappa shape index (κ3) is 4.45. The van der Waals surface area contributed by atoms with Crippen LogP contribution in [0.25, 0.3) is 0 Å². The van der Waals surface area contributed by atoms with Crippen LogP contribution >= 0.6 is 0 Å². The number of aliphatic hydroxyl groups is 1. The fourth-order valence-corrected chi connectivity index (χ4v) is 2.39. The number of rotatable bonds is 4. The van der Waals surface area contributed by atoms with Crippen molar-refractivity contribution in [1.29, 1.82) is 0 Å². The minimum absolute atomic E-state index is 0.0711. The van der Waals surface area contributed by atoms with Crippen LogP contribution in [0.2, 0.25) is 0 Å². The molecule has 1 heteroatoms. The van der Waals surface area contributed by atoms with Crippen molar-refractivity contribution < 1.29 is 5.11 Å². The highest BCUT2D eigenvalue weighted by atomic mass is 16.3. The zero-order valence-electron chi connectivity index (χ0n) is 9.84. The second kappa shape index (κ2) is 6.44. The second-order valence-corrected chi connectivity index (χ2v) is 5.25. The molecule has 1 rings (SSSR count). The Balaban J connectivity index is 2.15. The van der Waals surface area contributed by atoms with Gasteiger partial charge in [0.05, 0.1) is 6.10 Å². The first-order chi connectivity index (χ1) is 6.70. The molecule has 1 aliphatic carbocycles. The van der Waals surface area contributed by atoms with Gasteiger partial charge in [-0.2, -0.15) is 0 Å². The molecule has 0 aliphatic heterocycles. The van der Waals surface area contributed by atoms with Crippen LogP contribution < -0.4 is 0 Å². The Morgan fingerprint density at radius 3 is 2.14 bits per heavy atom. The fourth-order valence-electron chi connectivity index (χ4n) is 2.39. The maximum atomic E-state index is 9.73. The second-order valence-electron chi connectivity index (χ2n) is 5.25. The van der Waals surface area contributed by atoms with E-state index in [1.165, 1.54) is 44.9 Å². The molecule has 0 heterocycles. The molecule has 1 fully saturated rings. The number of hydrogen-bond acceptors (Lipinski definition) is 1. The third-order valence-electron chi connectivity index (χ3n) is 3.61. The van der Waals surface area contributed by atoms with Crippen molar-refractivity contribution in [2.75, 3.05) is 0 Å². The summed E-state index contributed by atoms with van der Waals surface area (Å²) in [7, 11) is 0. The van der Waals surface area contributed by atoms with Crippen molar-refractivity contribution in [3.63, 3.8) is 0 Å². The summed E-state index contributed by atoms with van der Waals surface area (Å²) in [5.74, 6) is 1.34. The Hall–Kier alpha value is -0.0400. The molecule has 0 aromatic heterocycles. The van der Waals surface area contributed by atoms with Gasteiger partial charge in [0.1, 0.15) is 0 Å². The highest BCUT2D eigenvalue weighted by Gasteiger charge is 2.15. The Kier molecular flexibility index (Phi) is 5.54. The maximum Gasteiger partial charge on any atom is 0.0563 e. The molecule has 84 valence electrons. The van der Waals surface area contributed by atoms with Crippen LogP contribution in [-0.4, -0.2) is 11.2 Å². The van der Waals surface area contributed by atoms with E-state index in [1.807, 2.05) is 0 Å². The molecular weight excluding hydrogens is 172 g/mol. The van der Waals surface area contributed by atoms with E-state index < -0.39 is 0 Å². The van der Waals surface area contributed by atoms with Crippen molar-refractivity contribution in [3.8, 4) is 0 Å². The molecule has 1 atom stereocenters. The predicted molar refractivity (Wildman–Crippen MR) is 61.3 cm³/mol. The van der Waals surface area contributed by atoms with Crippen LogP contribution in [0.5, 0.6) is 0 Å². The lowest BCUT2D eigenvalue weighted by Crippen LogP contribution is -2.16. The van der Waals surface area contributed by atoms with Gasteiger partial charge in [0.25, 0.3) is 0 Å². The van der Waals surface area contributed by atoms with Crippen LogP contribution in [-0.2, 0) is 0 Å². The molecule has 1 N–H and O–H groups in total. The quantitative estimate of drug-likeness (QED) is 0.682. The highest BCUT2D eigenvalue weighted by molar-refractivity contribution is 4.68. The zero-order valence-corrected chi connectivity index (χ0v) is 9.84. The Morgan fingerprint density at radius 2 is 1.64 bits per heavy atom. The fraction of sp³-hybridized carbons (Fsp3) is 1.00. The molecule has 14 heavy (non-hydrogen) atoms. The van der Waals surface area contributed by atoms with E-state index in [9.17, 15) is 5.11 Å². The molecule has 0 aromatic carbocycles. The average molecular weight is 198 g/mol. The summed E-state index contributed by atoms with van der Waals surface area (Å²) in [6.45, 7) is 4.22. The van der Waals surface area contributed by atoms with Gasteiger partial charge in [-0.15, -0.1) is 0 Å². The Labute approximate surface area is 88.9 Å². The summed E-state index contributed by atoms with van der Waals surface area (Å²) in [6, 6.07) is 0. The first-order valence-electron chi connectivity index (χ1n) is 6.38. The normalized spacial score (nSPS) is 22.3. The van der Waals surface area contributed by atoms with E-state index in [2.05, 4.69) is 13.8 Å². The molecule has 0 aromatic rings. The molecule has 1 aliphatic rings. The largest absolute Gasteiger partial charge is 0.393 e.